The molecule has 0 saturated carbocycles. The van der Waals surface area contributed by atoms with E-state index >= 15 is 0 Å². The fraction of sp³-hybridized carbons (Fsp3) is 1.00. The summed E-state index contributed by atoms with van der Waals surface area (Å²) in [5, 5.41) is 9.75. The summed E-state index contributed by atoms with van der Waals surface area (Å²) in [6.07, 6.45) is 6.99. The normalized spacial score (nSPS) is 43.4. The van der Waals surface area contributed by atoms with Crippen molar-refractivity contribution in [1.29, 1.82) is 0 Å². The lowest BCUT2D eigenvalue weighted by Crippen LogP contribution is -2.51. The SMILES string of the molecule is OC1CC2CCC(C1)N2C1CCOCC1. The monoisotopic (exact) mass is 211 g/mol. The minimum absolute atomic E-state index is 0.0291. The Balaban J connectivity index is 1.70. The van der Waals surface area contributed by atoms with Gasteiger partial charge in [-0.25, -0.2) is 0 Å². The molecule has 1 N–H and O–H groups in total. The van der Waals surface area contributed by atoms with E-state index in [1.54, 1.807) is 0 Å². The smallest absolute Gasteiger partial charge is 0.0570 e. The van der Waals surface area contributed by atoms with Crippen LogP contribution in [0.25, 0.3) is 0 Å². The van der Waals surface area contributed by atoms with E-state index in [1.165, 1.54) is 25.7 Å². The first-order valence-corrected chi connectivity index (χ1v) is 6.38. The lowest BCUT2D eigenvalue weighted by molar-refractivity contribution is -0.0291. The van der Waals surface area contributed by atoms with Crippen molar-refractivity contribution in [3.63, 3.8) is 0 Å². The molecule has 2 bridgehead atoms. The molecule has 3 heterocycles. The fourth-order valence-electron chi connectivity index (χ4n) is 3.76. The van der Waals surface area contributed by atoms with Gasteiger partial charge >= 0.3 is 0 Å². The van der Waals surface area contributed by atoms with Gasteiger partial charge in [0.2, 0.25) is 0 Å². The van der Waals surface area contributed by atoms with Gasteiger partial charge in [0.05, 0.1) is 6.10 Å². The van der Waals surface area contributed by atoms with Crippen LogP contribution in [0.5, 0.6) is 0 Å². The highest BCUT2D eigenvalue weighted by Crippen LogP contribution is 2.39. The van der Waals surface area contributed by atoms with E-state index in [0.29, 0.717) is 12.1 Å². The molecule has 0 spiro atoms. The lowest BCUT2D eigenvalue weighted by Gasteiger charge is -2.43. The molecule has 2 unspecified atom stereocenters. The lowest BCUT2D eigenvalue weighted by atomic mass is 9.95. The van der Waals surface area contributed by atoms with Crippen molar-refractivity contribution in [1.82, 2.24) is 4.90 Å². The molecule has 3 aliphatic rings. The van der Waals surface area contributed by atoms with Gasteiger partial charge in [-0.3, -0.25) is 4.90 Å². The molecule has 0 amide bonds. The summed E-state index contributed by atoms with van der Waals surface area (Å²) in [4.78, 5) is 2.72. The van der Waals surface area contributed by atoms with Gasteiger partial charge in [0, 0.05) is 31.3 Å². The molecular formula is C12H21NO2. The molecule has 2 atom stereocenters. The highest BCUT2D eigenvalue weighted by Gasteiger charge is 2.43. The van der Waals surface area contributed by atoms with Crippen LogP contribution in [0.15, 0.2) is 0 Å². The van der Waals surface area contributed by atoms with E-state index in [2.05, 4.69) is 4.90 Å². The van der Waals surface area contributed by atoms with Crippen molar-refractivity contribution in [2.24, 2.45) is 0 Å². The molecule has 3 heteroatoms. The Labute approximate surface area is 91.4 Å². The zero-order valence-corrected chi connectivity index (χ0v) is 9.27. The van der Waals surface area contributed by atoms with Crippen LogP contribution in [0.4, 0.5) is 0 Å². The first kappa shape index (κ1) is 10.1. The standard InChI is InChI=1S/C12H21NO2/c14-12-7-10-1-2-11(8-12)13(10)9-3-5-15-6-4-9/h9-12,14H,1-8H2. The fourth-order valence-corrected chi connectivity index (χ4v) is 3.76. The number of aliphatic hydroxyl groups is 1. The van der Waals surface area contributed by atoms with Crippen molar-refractivity contribution in [2.45, 2.75) is 62.8 Å². The largest absolute Gasteiger partial charge is 0.393 e. The number of aliphatic hydroxyl groups excluding tert-OH is 1. The number of nitrogens with zero attached hydrogens (tertiary/aromatic N) is 1. The minimum Gasteiger partial charge on any atom is -0.393 e. The van der Waals surface area contributed by atoms with Crippen molar-refractivity contribution >= 4 is 0 Å². The second-order valence-corrected chi connectivity index (χ2v) is 5.30. The van der Waals surface area contributed by atoms with E-state index in [4.69, 9.17) is 4.74 Å². The Hall–Kier alpha value is -0.120. The minimum atomic E-state index is -0.0291. The third-order valence-corrected chi connectivity index (χ3v) is 4.38. The first-order chi connectivity index (χ1) is 7.34. The summed E-state index contributed by atoms with van der Waals surface area (Å²) in [7, 11) is 0. The highest BCUT2D eigenvalue weighted by atomic mass is 16.5. The summed E-state index contributed by atoms with van der Waals surface area (Å²) < 4.78 is 5.43. The molecule has 0 aromatic carbocycles. The summed E-state index contributed by atoms with van der Waals surface area (Å²) in [5.74, 6) is 0. The third kappa shape index (κ3) is 1.81. The van der Waals surface area contributed by atoms with Crippen molar-refractivity contribution in [3.05, 3.63) is 0 Å². The predicted molar refractivity (Wildman–Crippen MR) is 57.7 cm³/mol. The van der Waals surface area contributed by atoms with Crippen LogP contribution >= 0.6 is 0 Å². The highest BCUT2D eigenvalue weighted by molar-refractivity contribution is 4.98. The maximum Gasteiger partial charge on any atom is 0.0570 e. The van der Waals surface area contributed by atoms with E-state index in [-0.39, 0.29) is 6.10 Å². The Morgan fingerprint density at radius 1 is 0.867 bits per heavy atom. The molecule has 3 saturated heterocycles. The van der Waals surface area contributed by atoms with Crippen LogP contribution in [0.3, 0.4) is 0 Å². The van der Waals surface area contributed by atoms with Gasteiger partial charge in [0.15, 0.2) is 0 Å². The Morgan fingerprint density at radius 2 is 1.47 bits per heavy atom. The molecule has 0 aliphatic carbocycles. The van der Waals surface area contributed by atoms with Crippen LogP contribution < -0.4 is 0 Å². The van der Waals surface area contributed by atoms with Gasteiger partial charge in [-0.1, -0.05) is 0 Å². The molecule has 0 aromatic heterocycles. The number of fused-ring (bicyclic) bond motifs is 2. The van der Waals surface area contributed by atoms with Crippen molar-refractivity contribution in [2.75, 3.05) is 13.2 Å². The maximum absolute atomic E-state index is 9.75. The molecule has 3 fully saturated rings. The summed E-state index contributed by atoms with van der Waals surface area (Å²) >= 11 is 0. The number of ether oxygens (including phenoxy) is 1. The van der Waals surface area contributed by atoms with E-state index in [0.717, 1.165) is 32.1 Å². The molecule has 3 nitrogen and oxygen atoms in total. The molecule has 0 radical (unpaired) electrons. The van der Waals surface area contributed by atoms with Gasteiger partial charge in [0.25, 0.3) is 0 Å². The Kier molecular flexibility index (Phi) is 2.71. The van der Waals surface area contributed by atoms with Crippen LogP contribution in [-0.2, 0) is 4.74 Å². The average Bonchev–Trinajstić information content (AvgIpc) is 2.53. The van der Waals surface area contributed by atoms with Gasteiger partial charge in [0.1, 0.15) is 0 Å². The average molecular weight is 211 g/mol. The topological polar surface area (TPSA) is 32.7 Å². The Morgan fingerprint density at radius 3 is 2.07 bits per heavy atom. The quantitative estimate of drug-likeness (QED) is 0.706. The van der Waals surface area contributed by atoms with E-state index in [9.17, 15) is 5.11 Å². The van der Waals surface area contributed by atoms with Crippen LogP contribution in [0.1, 0.15) is 38.5 Å². The van der Waals surface area contributed by atoms with Gasteiger partial charge < -0.3 is 9.84 Å². The zero-order valence-electron chi connectivity index (χ0n) is 9.27. The molecule has 0 aromatic rings. The van der Waals surface area contributed by atoms with Crippen LogP contribution in [0, 0.1) is 0 Å². The number of hydrogen-bond acceptors (Lipinski definition) is 3. The predicted octanol–water partition coefficient (Wildman–Crippen LogP) is 1.15. The van der Waals surface area contributed by atoms with Crippen molar-refractivity contribution in [3.8, 4) is 0 Å². The molecule has 86 valence electrons. The van der Waals surface area contributed by atoms with Crippen molar-refractivity contribution < 1.29 is 9.84 Å². The summed E-state index contributed by atoms with van der Waals surface area (Å²) in [6.45, 7) is 1.87. The molecule has 3 aliphatic heterocycles. The second-order valence-electron chi connectivity index (χ2n) is 5.30. The van der Waals surface area contributed by atoms with E-state index < -0.39 is 0 Å². The number of piperidine rings is 1. The molecular weight excluding hydrogens is 190 g/mol. The van der Waals surface area contributed by atoms with Gasteiger partial charge in [-0.15, -0.1) is 0 Å². The second kappa shape index (κ2) is 4.04. The Bertz CT molecular complexity index is 214. The maximum atomic E-state index is 9.75. The van der Waals surface area contributed by atoms with Crippen LogP contribution in [-0.4, -0.2) is 47.4 Å². The van der Waals surface area contributed by atoms with Gasteiger partial charge in [-0.05, 0) is 38.5 Å². The van der Waals surface area contributed by atoms with Gasteiger partial charge in [-0.2, -0.15) is 0 Å². The summed E-state index contributed by atoms with van der Waals surface area (Å²) in [5.41, 5.74) is 0. The molecule has 15 heavy (non-hydrogen) atoms. The number of rotatable bonds is 1. The third-order valence-electron chi connectivity index (χ3n) is 4.38. The zero-order chi connectivity index (χ0) is 10.3. The van der Waals surface area contributed by atoms with E-state index in [1.807, 2.05) is 0 Å². The van der Waals surface area contributed by atoms with Crippen LogP contribution in [0.2, 0.25) is 0 Å². The first-order valence-electron chi connectivity index (χ1n) is 6.38. The summed E-state index contributed by atoms with van der Waals surface area (Å²) in [6, 6.07) is 2.08. The molecule has 3 rings (SSSR count). The number of hydrogen-bond donors (Lipinski definition) is 1.